The number of hydrogen-bond donors (Lipinski definition) is 3. The standard InChI is InChI=1S/C23H22N4O2/c1-16-8-7-13-27-21(16)25-20(17-9-3-2-4-10-17)22(27)26-23(29)24-14-18-11-5-6-12-19(18)15-28/h2-13,28H,14-15H2,1H3,(H2,24,26,29). The smallest absolute Gasteiger partial charge is 0.320 e. The third-order valence-electron chi connectivity index (χ3n) is 4.85. The highest BCUT2D eigenvalue weighted by Crippen LogP contribution is 2.29. The van der Waals surface area contributed by atoms with Crippen molar-refractivity contribution in [3.63, 3.8) is 0 Å². The number of aryl methyl sites for hydroxylation is 1. The fourth-order valence-corrected chi connectivity index (χ4v) is 3.33. The lowest BCUT2D eigenvalue weighted by Gasteiger charge is -2.11. The predicted molar refractivity (Wildman–Crippen MR) is 114 cm³/mol. The number of fused-ring (bicyclic) bond motifs is 1. The van der Waals surface area contributed by atoms with E-state index in [1.807, 2.05) is 84.3 Å². The SMILES string of the molecule is Cc1cccn2c(NC(=O)NCc3ccccc3CO)c(-c3ccccc3)nc12. The van der Waals surface area contributed by atoms with Crippen molar-refractivity contribution in [2.75, 3.05) is 5.32 Å². The van der Waals surface area contributed by atoms with Crippen LogP contribution in [0.25, 0.3) is 16.9 Å². The molecule has 0 aliphatic rings. The van der Waals surface area contributed by atoms with Crippen LogP contribution in [0.2, 0.25) is 0 Å². The van der Waals surface area contributed by atoms with E-state index in [4.69, 9.17) is 4.98 Å². The van der Waals surface area contributed by atoms with E-state index >= 15 is 0 Å². The third kappa shape index (κ3) is 3.83. The van der Waals surface area contributed by atoms with Crippen molar-refractivity contribution >= 4 is 17.5 Å². The van der Waals surface area contributed by atoms with Gasteiger partial charge in [0.15, 0.2) is 0 Å². The van der Waals surface area contributed by atoms with Gasteiger partial charge in [0.25, 0.3) is 0 Å². The number of carbonyl (C=O) groups is 1. The van der Waals surface area contributed by atoms with E-state index in [1.165, 1.54) is 0 Å². The van der Waals surface area contributed by atoms with Gasteiger partial charge < -0.3 is 10.4 Å². The second-order valence-electron chi connectivity index (χ2n) is 6.79. The highest BCUT2D eigenvalue weighted by molar-refractivity contribution is 5.93. The molecule has 0 atom stereocenters. The van der Waals surface area contributed by atoms with Crippen molar-refractivity contribution in [1.82, 2.24) is 14.7 Å². The van der Waals surface area contributed by atoms with Gasteiger partial charge in [0.05, 0.1) is 6.61 Å². The number of aliphatic hydroxyl groups excluding tert-OH is 1. The number of pyridine rings is 1. The molecule has 0 unspecified atom stereocenters. The second-order valence-corrected chi connectivity index (χ2v) is 6.79. The number of carbonyl (C=O) groups excluding carboxylic acids is 1. The maximum absolute atomic E-state index is 12.7. The van der Waals surface area contributed by atoms with Gasteiger partial charge in [-0.1, -0.05) is 60.7 Å². The van der Waals surface area contributed by atoms with Crippen molar-refractivity contribution in [3.05, 3.63) is 89.6 Å². The zero-order valence-corrected chi connectivity index (χ0v) is 16.1. The van der Waals surface area contributed by atoms with Gasteiger partial charge in [-0.2, -0.15) is 0 Å². The number of urea groups is 1. The maximum Gasteiger partial charge on any atom is 0.320 e. The quantitative estimate of drug-likeness (QED) is 0.483. The summed E-state index contributed by atoms with van der Waals surface area (Å²) in [4.78, 5) is 17.4. The van der Waals surface area contributed by atoms with E-state index in [0.29, 0.717) is 18.1 Å². The van der Waals surface area contributed by atoms with Gasteiger partial charge in [0.1, 0.15) is 17.2 Å². The molecule has 6 nitrogen and oxygen atoms in total. The first-order valence-corrected chi connectivity index (χ1v) is 9.43. The molecule has 2 heterocycles. The topological polar surface area (TPSA) is 78.7 Å². The average Bonchev–Trinajstić information content (AvgIpc) is 3.13. The van der Waals surface area contributed by atoms with Crippen molar-refractivity contribution in [3.8, 4) is 11.3 Å². The van der Waals surface area contributed by atoms with Crippen LogP contribution in [0.15, 0.2) is 72.9 Å². The lowest BCUT2D eigenvalue weighted by molar-refractivity contribution is 0.251. The third-order valence-corrected chi connectivity index (χ3v) is 4.85. The van der Waals surface area contributed by atoms with Gasteiger partial charge in [-0.05, 0) is 29.7 Å². The largest absolute Gasteiger partial charge is 0.392 e. The Morgan fingerprint density at radius 1 is 1.00 bits per heavy atom. The van der Waals surface area contributed by atoms with Gasteiger partial charge in [0, 0.05) is 18.3 Å². The first kappa shape index (κ1) is 18.7. The fourth-order valence-electron chi connectivity index (χ4n) is 3.33. The molecule has 0 saturated heterocycles. The number of aliphatic hydroxyl groups is 1. The molecular weight excluding hydrogens is 364 g/mol. The summed E-state index contributed by atoms with van der Waals surface area (Å²) in [5, 5.41) is 15.3. The van der Waals surface area contributed by atoms with Crippen molar-refractivity contribution in [2.45, 2.75) is 20.1 Å². The van der Waals surface area contributed by atoms with Crippen LogP contribution in [-0.2, 0) is 13.2 Å². The minimum absolute atomic E-state index is 0.0653. The summed E-state index contributed by atoms with van der Waals surface area (Å²) in [6, 6.07) is 20.8. The normalized spacial score (nSPS) is 10.8. The van der Waals surface area contributed by atoms with E-state index in [0.717, 1.165) is 27.9 Å². The van der Waals surface area contributed by atoms with E-state index < -0.39 is 0 Å². The number of rotatable bonds is 5. The Bertz CT molecular complexity index is 1150. The lowest BCUT2D eigenvalue weighted by Crippen LogP contribution is -2.29. The van der Waals surface area contributed by atoms with Gasteiger partial charge in [-0.25, -0.2) is 9.78 Å². The Balaban J connectivity index is 1.63. The fraction of sp³-hybridized carbons (Fsp3) is 0.130. The molecule has 4 aromatic rings. The molecule has 0 spiro atoms. The minimum atomic E-state index is -0.335. The molecule has 29 heavy (non-hydrogen) atoms. The second kappa shape index (κ2) is 8.16. The van der Waals surface area contributed by atoms with Gasteiger partial charge in [0.2, 0.25) is 0 Å². The Hall–Kier alpha value is -3.64. The molecule has 6 heteroatoms. The molecule has 0 fully saturated rings. The summed E-state index contributed by atoms with van der Waals surface area (Å²) in [6.07, 6.45) is 1.89. The van der Waals surface area contributed by atoms with Crippen LogP contribution in [0.4, 0.5) is 10.6 Å². The molecule has 4 rings (SSSR count). The lowest BCUT2D eigenvalue weighted by atomic mass is 10.1. The number of benzene rings is 2. The Morgan fingerprint density at radius 3 is 2.48 bits per heavy atom. The van der Waals surface area contributed by atoms with Crippen molar-refractivity contribution in [2.24, 2.45) is 0 Å². The molecule has 2 aromatic heterocycles. The first-order chi connectivity index (χ1) is 14.2. The molecule has 2 aromatic carbocycles. The summed E-state index contributed by atoms with van der Waals surface area (Å²) < 4.78 is 1.89. The summed E-state index contributed by atoms with van der Waals surface area (Å²) >= 11 is 0. The number of hydrogen-bond acceptors (Lipinski definition) is 3. The van der Waals surface area contributed by atoms with E-state index in [2.05, 4.69) is 10.6 Å². The Labute approximate surface area is 168 Å². The number of imidazole rings is 1. The summed E-state index contributed by atoms with van der Waals surface area (Å²) in [5.41, 5.74) is 5.13. The van der Waals surface area contributed by atoms with Crippen LogP contribution in [0.3, 0.4) is 0 Å². The highest BCUT2D eigenvalue weighted by atomic mass is 16.3. The highest BCUT2D eigenvalue weighted by Gasteiger charge is 2.17. The van der Waals surface area contributed by atoms with E-state index in [-0.39, 0.29) is 12.6 Å². The van der Waals surface area contributed by atoms with Crippen LogP contribution in [-0.4, -0.2) is 20.5 Å². The molecule has 146 valence electrons. The minimum Gasteiger partial charge on any atom is -0.392 e. The molecular formula is C23H22N4O2. The average molecular weight is 386 g/mol. The van der Waals surface area contributed by atoms with E-state index in [9.17, 15) is 9.90 Å². The van der Waals surface area contributed by atoms with Crippen LogP contribution in [0.1, 0.15) is 16.7 Å². The van der Waals surface area contributed by atoms with Crippen molar-refractivity contribution in [1.29, 1.82) is 0 Å². The van der Waals surface area contributed by atoms with Crippen LogP contribution in [0, 0.1) is 6.92 Å². The predicted octanol–water partition coefficient (Wildman–Crippen LogP) is 4.12. The molecule has 0 saturated carbocycles. The maximum atomic E-state index is 12.7. The van der Waals surface area contributed by atoms with E-state index in [1.54, 1.807) is 0 Å². The molecule has 2 amide bonds. The zero-order valence-electron chi connectivity index (χ0n) is 16.1. The van der Waals surface area contributed by atoms with Crippen LogP contribution >= 0.6 is 0 Å². The summed E-state index contributed by atoms with van der Waals surface area (Å²) in [5.74, 6) is 0.614. The van der Waals surface area contributed by atoms with Crippen LogP contribution in [0.5, 0.6) is 0 Å². The van der Waals surface area contributed by atoms with Gasteiger partial charge >= 0.3 is 6.03 Å². The van der Waals surface area contributed by atoms with Gasteiger partial charge in [-0.15, -0.1) is 0 Å². The summed E-state index contributed by atoms with van der Waals surface area (Å²) in [7, 11) is 0. The molecule has 3 N–H and O–H groups in total. The van der Waals surface area contributed by atoms with Crippen molar-refractivity contribution < 1.29 is 9.90 Å². The number of nitrogens with zero attached hydrogens (tertiary/aromatic N) is 2. The monoisotopic (exact) mass is 386 g/mol. The van der Waals surface area contributed by atoms with Gasteiger partial charge in [-0.3, -0.25) is 9.72 Å². The number of amides is 2. The summed E-state index contributed by atoms with van der Waals surface area (Å²) in [6.45, 7) is 2.25. The Kier molecular flexibility index (Phi) is 5.27. The Morgan fingerprint density at radius 2 is 1.72 bits per heavy atom. The molecule has 0 radical (unpaired) electrons. The zero-order chi connectivity index (χ0) is 20.2. The number of anilines is 1. The molecule has 0 bridgehead atoms. The van der Waals surface area contributed by atoms with Crippen LogP contribution < -0.4 is 10.6 Å². The molecule has 0 aliphatic heterocycles. The number of nitrogens with one attached hydrogen (secondary N) is 2. The number of aromatic nitrogens is 2. The first-order valence-electron chi connectivity index (χ1n) is 9.43. The molecule has 0 aliphatic carbocycles.